The SMILES string of the molecule is CCCCCCC/C=C/C(=O)SCCN(CC)CC. The number of rotatable bonds is 12. The Bertz CT molecular complexity index is 237. The van der Waals surface area contributed by atoms with E-state index in [9.17, 15) is 4.79 Å². The molecule has 3 heteroatoms. The highest BCUT2D eigenvalue weighted by Gasteiger charge is 2.01. The number of thioether (sulfide) groups is 1. The van der Waals surface area contributed by atoms with E-state index in [2.05, 4.69) is 25.7 Å². The van der Waals surface area contributed by atoms with E-state index in [0.717, 1.165) is 31.8 Å². The fourth-order valence-electron chi connectivity index (χ4n) is 1.91. The minimum absolute atomic E-state index is 0.209. The van der Waals surface area contributed by atoms with Crippen LogP contribution < -0.4 is 0 Å². The van der Waals surface area contributed by atoms with E-state index < -0.39 is 0 Å². The molecule has 0 amide bonds. The first-order valence-electron chi connectivity index (χ1n) is 7.80. The zero-order valence-electron chi connectivity index (χ0n) is 13.0. The standard InChI is InChI=1S/C16H31NOS/c1-4-7-8-9-10-11-12-13-16(18)19-15-14-17(5-2)6-3/h12-13H,4-11,14-15H2,1-3H3/b13-12+. The average Bonchev–Trinajstić information content (AvgIpc) is 2.42. The number of allylic oxidation sites excluding steroid dienone is 1. The summed E-state index contributed by atoms with van der Waals surface area (Å²) in [6.07, 6.45) is 11.3. The highest BCUT2D eigenvalue weighted by Crippen LogP contribution is 2.07. The van der Waals surface area contributed by atoms with Crippen LogP contribution in [0.2, 0.25) is 0 Å². The van der Waals surface area contributed by atoms with Crippen LogP contribution in [0.5, 0.6) is 0 Å². The van der Waals surface area contributed by atoms with Crippen molar-refractivity contribution in [3.8, 4) is 0 Å². The summed E-state index contributed by atoms with van der Waals surface area (Å²) in [7, 11) is 0. The van der Waals surface area contributed by atoms with Gasteiger partial charge in [-0.3, -0.25) is 4.79 Å². The molecule has 0 fully saturated rings. The quantitative estimate of drug-likeness (QED) is 0.389. The molecule has 0 heterocycles. The van der Waals surface area contributed by atoms with Crippen LogP contribution in [0.25, 0.3) is 0 Å². The smallest absolute Gasteiger partial charge is 0.211 e. The molecule has 0 rings (SSSR count). The number of hydrogen-bond donors (Lipinski definition) is 0. The average molecular weight is 285 g/mol. The Kier molecular flexibility index (Phi) is 13.9. The van der Waals surface area contributed by atoms with Crippen LogP contribution in [0.15, 0.2) is 12.2 Å². The minimum Gasteiger partial charge on any atom is -0.303 e. The van der Waals surface area contributed by atoms with Gasteiger partial charge in [-0.15, -0.1) is 0 Å². The van der Waals surface area contributed by atoms with Crippen LogP contribution in [0.1, 0.15) is 59.3 Å². The molecule has 0 saturated heterocycles. The zero-order valence-corrected chi connectivity index (χ0v) is 13.8. The normalized spacial score (nSPS) is 11.6. The molecule has 0 radical (unpaired) electrons. The first-order chi connectivity index (χ1) is 9.24. The van der Waals surface area contributed by atoms with Gasteiger partial charge in [0.1, 0.15) is 0 Å². The van der Waals surface area contributed by atoms with Gasteiger partial charge in [0.15, 0.2) is 0 Å². The summed E-state index contributed by atoms with van der Waals surface area (Å²) in [5.41, 5.74) is 0. The molecule has 0 saturated carbocycles. The number of carbonyl (C=O) groups is 1. The molecule has 0 bridgehead atoms. The van der Waals surface area contributed by atoms with Crippen molar-refractivity contribution in [3.63, 3.8) is 0 Å². The Labute approximate surface area is 124 Å². The van der Waals surface area contributed by atoms with Crippen molar-refractivity contribution >= 4 is 16.9 Å². The van der Waals surface area contributed by atoms with E-state index in [1.165, 1.54) is 43.9 Å². The molecule has 0 aliphatic heterocycles. The predicted molar refractivity (Wildman–Crippen MR) is 87.8 cm³/mol. The molecular formula is C16H31NOS. The molecule has 0 aliphatic carbocycles. The lowest BCUT2D eigenvalue weighted by Gasteiger charge is -2.16. The van der Waals surface area contributed by atoms with Crippen molar-refractivity contribution in [3.05, 3.63) is 12.2 Å². The van der Waals surface area contributed by atoms with Gasteiger partial charge in [-0.25, -0.2) is 0 Å². The highest BCUT2D eigenvalue weighted by molar-refractivity contribution is 8.14. The Hall–Kier alpha value is -0.280. The van der Waals surface area contributed by atoms with Gasteiger partial charge in [0.25, 0.3) is 0 Å². The fourth-order valence-corrected chi connectivity index (χ4v) is 2.65. The summed E-state index contributed by atoms with van der Waals surface area (Å²) in [5, 5.41) is 0.209. The lowest BCUT2D eigenvalue weighted by molar-refractivity contribution is -0.107. The second-order valence-corrected chi connectivity index (χ2v) is 5.90. The molecular weight excluding hydrogens is 254 g/mol. The third-order valence-corrected chi connectivity index (χ3v) is 4.08. The molecule has 0 aliphatic rings. The zero-order chi connectivity index (χ0) is 14.3. The van der Waals surface area contributed by atoms with Gasteiger partial charge in [-0.1, -0.05) is 64.3 Å². The Morgan fingerprint density at radius 3 is 2.37 bits per heavy atom. The largest absolute Gasteiger partial charge is 0.303 e. The molecule has 0 unspecified atom stereocenters. The molecule has 0 spiro atoms. The van der Waals surface area contributed by atoms with Crippen molar-refractivity contribution in [2.45, 2.75) is 59.3 Å². The lowest BCUT2D eigenvalue weighted by Crippen LogP contribution is -2.25. The van der Waals surface area contributed by atoms with Crippen LogP contribution in [0.3, 0.4) is 0 Å². The molecule has 2 nitrogen and oxygen atoms in total. The third-order valence-electron chi connectivity index (χ3n) is 3.27. The van der Waals surface area contributed by atoms with Gasteiger partial charge in [0, 0.05) is 12.3 Å². The van der Waals surface area contributed by atoms with E-state index >= 15 is 0 Å². The van der Waals surface area contributed by atoms with E-state index in [4.69, 9.17) is 0 Å². The lowest BCUT2D eigenvalue weighted by atomic mass is 10.1. The van der Waals surface area contributed by atoms with Crippen molar-refractivity contribution in [2.24, 2.45) is 0 Å². The first-order valence-corrected chi connectivity index (χ1v) is 8.78. The van der Waals surface area contributed by atoms with E-state index in [-0.39, 0.29) is 5.12 Å². The summed E-state index contributed by atoms with van der Waals surface area (Å²) >= 11 is 1.44. The maximum atomic E-state index is 11.6. The monoisotopic (exact) mass is 285 g/mol. The second kappa shape index (κ2) is 14.1. The number of unbranched alkanes of at least 4 members (excludes halogenated alkanes) is 5. The summed E-state index contributed by atoms with van der Waals surface area (Å²) < 4.78 is 0. The summed E-state index contributed by atoms with van der Waals surface area (Å²) in [5.74, 6) is 0.904. The van der Waals surface area contributed by atoms with Crippen molar-refractivity contribution in [1.29, 1.82) is 0 Å². The fraction of sp³-hybridized carbons (Fsp3) is 0.812. The van der Waals surface area contributed by atoms with Gasteiger partial charge < -0.3 is 4.90 Å². The van der Waals surface area contributed by atoms with Crippen molar-refractivity contribution < 1.29 is 4.79 Å². The molecule has 0 aromatic carbocycles. The summed E-state index contributed by atoms with van der Waals surface area (Å²) in [4.78, 5) is 13.9. The van der Waals surface area contributed by atoms with Crippen LogP contribution in [-0.2, 0) is 4.79 Å². The Morgan fingerprint density at radius 1 is 1.05 bits per heavy atom. The third kappa shape index (κ3) is 12.5. The van der Waals surface area contributed by atoms with Gasteiger partial charge in [-0.2, -0.15) is 0 Å². The molecule has 0 N–H and O–H groups in total. The Morgan fingerprint density at radius 2 is 1.74 bits per heavy atom. The van der Waals surface area contributed by atoms with Gasteiger partial charge >= 0.3 is 0 Å². The topological polar surface area (TPSA) is 20.3 Å². The molecule has 0 aromatic rings. The van der Waals surface area contributed by atoms with Gasteiger partial charge in [0.2, 0.25) is 5.12 Å². The van der Waals surface area contributed by atoms with Crippen molar-refractivity contribution in [1.82, 2.24) is 4.90 Å². The van der Waals surface area contributed by atoms with Crippen LogP contribution in [-0.4, -0.2) is 35.4 Å². The van der Waals surface area contributed by atoms with Gasteiger partial charge in [-0.05, 0) is 32.0 Å². The first kappa shape index (κ1) is 18.7. The maximum Gasteiger partial charge on any atom is 0.211 e. The van der Waals surface area contributed by atoms with E-state index in [0.29, 0.717) is 0 Å². The minimum atomic E-state index is 0.209. The number of carbonyl (C=O) groups excluding carboxylic acids is 1. The van der Waals surface area contributed by atoms with Gasteiger partial charge in [0.05, 0.1) is 0 Å². The van der Waals surface area contributed by atoms with Crippen molar-refractivity contribution in [2.75, 3.05) is 25.4 Å². The molecule has 19 heavy (non-hydrogen) atoms. The predicted octanol–water partition coefficient (Wildman–Crippen LogP) is 4.50. The van der Waals surface area contributed by atoms with Crippen LogP contribution in [0.4, 0.5) is 0 Å². The maximum absolute atomic E-state index is 11.6. The van der Waals surface area contributed by atoms with E-state index in [1.54, 1.807) is 6.08 Å². The molecule has 112 valence electrons. The Balaban J connectivity index is 3.47. The molecule has 0 atom stereocenters. The van der Waals surface area contributed by atoms with E-state index in [1.807, 2.05) is 6.08 Å². The number of nitrogens with zero attached hydrogens (tertiary/aromatic N) is 1. The molecule has 0 aromatic heterocycles. The second-order valence-electron chi connectivity index (χ2n) is 4.80. The number of hydrogen-bond acceptors (Lipinski definition) is 3. The van der Waals surface area contributed by atoms with Crippen LogP contribution in [0, 0.1) is 0 Å². The van der Waals surface area contributed by atoms with Crippen LogP contribution >= 0.6 is 11.8 Å². The summed E-state index contributed by atoms with van der Waals surface area (Å²) in [6.45, 7) is 9.70. The highest BCUT2D eigenvalue weighted by atomic mass is 32.2. The summed E-state index contributed by atoms with van der Waals surface area (Å²) in [6, 6.07) is 0.